The van der Waals surface area contributed by atoms with Crippen LogP contribution in [-0.4, -0.2) is 59.8 Å². The van der Waals surface area contributed by atoms with Crippen molar-refractivity contribution in [2.75, 3.05) is 32.9 Å². The van der Waals surface area contributed by atoms with Crippen molar-refractivity contribution >= 4 is 34.4 Å². The lowest BCUT2D eigenvalue weighted by Gasteiger charge is -2.26. The summed E-state index contributed by atoms with van der Waals surface area (Å²) in [6, 6.07) is 14.5. The molecule has 0 bridgehead atoms. The van der Waals surface area contributed by atoms with Crippen LogP contribution in [0, 0.1) is 0 Å². The molecule has 33 heavy (non-hydrogen) atoms. The summed E-state index contributed by atoms with van der Waals surface area (Å²) in [5.74, 6) is -0.503. The Hall–Kier alpha value is -3.71. The van der Waals surface area contributed by atoms with Gasteiger partial charge in [-0.15, -0.1) is 0 Å². The molecule has 0 spiro atoms. The molecule has 7 heteroatoms. The van der Waals surface area contributed by atoms with Crippen molar-refractivity contribution in [1.82, 2.24) is 9.88 Å². The first-order chi connectivity index (χ1) is 16.1. The van der Waals surface area contributed by atoms with Crippen LogP contribution in [0.3, 0.4) is 0 Å². The molecule has 1 aromatic heterocycles. The number of pyridine rings is 1. The Bertz CT molecular complexity index is 1240. The number of hydrogen-bond acceptors (Lipinski definition) is 6. The third kappa shape index (κ3) is 4.32. The molecule has 0 saturated carbocycles. The van der Waals surface area contributed by atoms with Gasteiger partial charge in [-0.2, -0.15) is 0 Å². The Morgan fingerprint density at radius 3 is 2.61 bits per heavy atom. The lowest BCUT2D eigenvalue weighted by atomic mass is 10.0. The van der Waals surface area contributed by atoms with Crippen molar-refractivity contribution in [3.63, 3.8) is 0 Å². The van der Waals surface area contributed by atoms with Crippen LogP contribution in [0.4, 0.5) is 0 Å². The molecule has 1 fully saturated rings. The number of ether oxygens (including phenoxy) is 2. The number of allylic oxidation sites excluding steroid dienone is 1. The lowest BCUT2D eigenvalue weighted by Crippen LogP contribution is -2.42. The van der Waals surface area contributed by atoms with E-state index in [2.05, 4.69) is 0 Å². The van der Waals surface area contributed by atoms with Crippen LogP contribution < -0.4 is 0 Å². The van der Waals surface area contributed by atoms with E-state index in [1.165, 1.54) is 0 Å². The molecule has 0 radical (unpaired) electrons. The van der Waals surface area contributed by atoms with Gasteiger partial charge in [0.1, 0.15) is 5.75 Å². The molecule has 5 rings (SSSR count). The first-order valence-electron chi connectivity index (χ1n) is 11.0. The number of aromatic hydroxyl groups is 1. The van der Waals surface area contributed by atoms with E-state index in [1.54, 1.807) is 17.0 Å². The van der Waals surface area contributed by atoms with Crippen molar-refractivity contribution in [2.45, 2.75) is 12.8 Å². The monoisotopic (exact) mass is 444 g/mol. The number of amides is 1. The number of hydrogen-bond donors (Lipinski definition) is 1. The highest BCUT2D eigenvalue weighted by molar-refractivity contribution is 6.07. The smallest absolute Gasteiger partial charge is 0.339 e. The van der Waals surface area contributed by atoms with Gasteiger partial charge in [0.05, 0.1) is 30.0 Å². The van der Waals surface area contributed by atoms with Crippen molar-refractivity contribution in [3.05, 3.63) is 70.9 Å². The second-order valence-electron chi connectivity index (χ2n) is 8.16. The van der Waals surface area contributed by atoms with E-state index in [1.807, 2.05) is 42.5 Å². The Morgan fingerprint density at radius 1 is 1.06 bits per heavy atom. The molecule has 7 nitrogen and oxygen atoms in total. The van der Waals surface area contributed by atoms with Gasteiger partial charge in [-0.1, -0.05) is 30.3 Å². The number of carbonyl (C=O) groups is 2. The van der Waals surface area contributed by atoms with Crippen LogP contribution >= 0.6 is 0 Å². The maximum absolute atomic E-state index is 13.2. The van der Waals surface area contributed by atoms with E-state index in [0.717, 1.165) is 34.2 Å². The number of carbonyl (C=O) groups excluding carboxylic acids is 2. The van der Waals surface area contributed by atoms with Gasteiger partial charge in [-0.05, 0) is 53.8 Å². The molecule has 1 aliphatic heterocycles. The Morgan fingerprint density at radius 2 is 1.82 bits per heavy atom. The van der Waals surface area contributed by atoms with Gasteiger partial charge in [0.15, 0.2) is 6.61 Å². The van der Waals surface area contributed by atoms with Crippen LogP contribution in [0.25, 0.3) is 22.6 Å². The number of nitrogens with zero attached hydrogens (tertiary/aromatic N) is 2. The number of para-hydroxylation sites is 1. The highest BCUT2D eigenvalue weighted by atomic mass is 16.5. The van der Waals surface area contributed by atoms with Crippen molar-refractivity contribution in [3.8, 4) is 5.75 Å². The third-order valence-electron chi connectivity index (χ3n) is 6.07. The van der Waals surface area contributed by atoms with Gasteiger partial charge < -0.3 is 19.5 Å². The minimum absolute atomic E-state index is 0.213. The quantitative estimate of drug-likeness (QED) is 0.620. The molecular formula is C26H24N2O5. The first kappa shape index (κ1) is 21.2. The van der Waals surface area contributed by atoms with Crippen LogP contribution in [0.2, 0.25) is 0 Å². The summed E-state index contributed by atoms with van der Waals surface area (Å²) in [6.07, 6.45) is 3.44. The van der Waals surface area contributed by atoms with Crippen LogP contribution in [0.1, 0.15) is 33.6 Å². The highest BCUT2D eigenvalue weighted by Crippen LogP contribution is 2.37. The fourth-order valence-electron chi connectivity index (χ4n) is 4.39. The van der Waals surface area contributed by atoms with Gasteiger partial charge in [0.2, 0.25) is 0 Å². The van der Waals surface area contributed by atoms with E-state index in [-0.39, 0.29) is 18.3 Å². The van der Waals surface area contributed by atoms with Gasteiger partial charge in [0.25, 0.3) is 5.91 Å². The number of benzene rings is 2. The maximum Gasteiger partial charge on any atom is 0.339 e. The zero-order chi connectivity index (χ0) is 22.8. The SMILES string of the molecule is O=C(OCC(=O)N1CCOCC1)c1c2c(nc3ccccc13)C(=Cc1ccc(O)cc1)CC2. The molecule has 3 aromatic rings. The van der Waals surface area contributed by atoms with Crippen molar-refractivity contribution < 1.29 is 24.2 Å². The second kappa shape index (κ2) is 9.03. The summed E-state index contributed by atoms with van der Waals surface area (Å²) in [4.78, 5) is 32.2. The first-order valence-corrected chi connectivity index (χ1v) is 11.0. The number of phenols is 1. The second-order valence-corrected chi connectivity index (χ2v) is 8.16. The summed E-state index contributed by atoms with van der Waals surface area (Å²) >= 11 is 0. The minimum Gasteiger partial charge on any atom is -0.508 e. The molecular weight excluding hydrogens is 420 g/mol. The summed E-state index contributed by atoms with van der Waals surface area (Å²) in [5, 5.41) is 10.3. The third-order valence-corrected chi connectivity index (χ3v) is 6.07. The van der Waals surface area contributed by atoms with E-state index in [4.69, 9.17) is 14.5 Å². The molecule has 1 amide bonds. The molecule has 0 atom stereocenters. The van der Waals surface area contributed by atoms with Gasteiger partial charge in [-0.3, -0.25) is 4.79 Å². The zero-order valence-electron chi connectivity index (χ0n) is 18.1. The van der Waals surface area contributed by atoms with Crippen LogP contribution in [-0.2, 0) is 20.7 Å². The minimum atomic E-state index is -0.502. The molecule has 2 aromatic carbocycles. The van der Waals surface area contributed by atoms with Crippen molar-refractivity contribution in [2.24, 2.45) is 0 Å². The number of fused-ring (bicyclic) bond motifs is 2. The molecule has 0 unspecified atom stereocenters. The largest absolute Gasteiger partial charge is 0.508 e. The zero-order valence-corrected chi connectivity index (χ0v) is 18.1. The predicted molar refractivity (Wildman–Crippen MR) is 124 cm³/mol. The summed E-state index contributed by atoms with van der Waals surface area (Å²) < 4.78 is 10.8. The van der Waals surface area contributed by atoms with Gasteiger partial charge in [0, 0.05) is 18.5 Å². The Labute approximate surface area is 191 Å². The maximum atomic E-state index is 13.2. The lowest BCUT2D eigenvalue weighted by molar-refractivity contribution is -0.138. The van der Waals surface area contributed by atoms with E-state index in [9.17, 15) is 14.7 Å². The van der Waals surface area contributed by atoms with E-state index in [0.29, 0.717) is 43.8 Å². The van der Waals surface area contributed by atoms with E-state index >= 15 is 0 Å². The van der Waals surface area contributed by atoms with Crippen LogP contribution in [0.5, 0.6) is 5.75 Å². The number of aromatic nitrogens is 1. The summed E-state index contributed by atoms with van der Waals surface area (Å²) in [5.41, 5.74) is 4.81. The molecule has 1 N–H and O–H groups in total. The Balaban J connectivity index is 1.46. The normalized spacial score (nSPS) is 16.7. The summed E-state index contributed by atoms with van der Waals surface area (Å²) in [6.45, 7) is 1.72. The molecule has 168 valence electrons. The standard InChI is InChI=1S/C26H24N2O5/c29-19-8-5-17(6-9-19)15-18-7-10-21-24(20-3-1-2-4-22(20)27-25(18)21)26(31)33-16-23(30)28-11-13-32-14-12-28/h1-6,8-9,15,29H,7,10-14,16H2. The number of morpholine rings is 1. The molecule has 2 aliphatic rings. The van der Waals surface area contributed by atoms with Crippen molar-refractivity contribution in [1.29, 1.82) is 0 Å². The predicted octanol–water partition coefficient (Wildman–Crippen LogP) is 3.44. The molecule has 1 aliphatic carbocycles. The number of esters is 1. The fraction of sp³-hybridized carbons (Fsp3) is 0.269. The van der Waals surface area contributed by atoms with E-state index < -0.39 is 5.97 Å². The molecule has 2 heterocycles. The topological polar surface area (TPSA) is 89.0 Å². The fourth-order valence-corrected chi connectivity index (χ4v) is 4.39. The van der Waals surface area contributed by atoms with Crippen LogP contribution in [0.15, 0.2) is 48.5 Å². The van der Waals surface area contributed by atoms with Gasteiger partial charge in [-0.25, -0.2) is 9.78 Å². The average molecular weight is 444 g/mol. The summed E-state index contributed by atoms with van der Waals surface area (Å²) in [7, 11) is 0. The molecule has 1 saturated heterocycles. The highest BCUT2D eigenvalue weighted by Gasteiger charge is 2.28. The Kier molecular flexibility index (Phi) is 5.79. The van der Waals surface area contributed by atoms with Gasteiger partial charge >= 0.3 is 5.97 Å². The average Bonchev–Trinajstić information content (AvgIpc) is 3.24. The number of rotatable bonds is 4. The number of phenolic OH excluding ortho intramolecular Hbond substituents is 1.